The first-order valence-electron chi connectivity index (χ1n) is 24.5. The quantitative estimate of drug-likeness (QED) is 0.0883. The zero-order valence-corrected chi connectivity index (χ0v) is 39.4. The van der Waals surface area contributed by atoms with Gasteiger partial charge < -0.3 is 34.1 Å². The van der Waals surface area contributed by atoms with Gasteiger partial charge in [0.05, 0.1) is 30.9 Å². The van der Waals surface area contributed by atoms with Crippen LogP contribution in [-0.2, 0) is 49.5 Å². The number of fused-ring (bicyclic) bond motifs is 6. The molecule has 1 amide bonds. The minimum atomic E-state index is -1.42. The van der Waals surface area contributed by atoms with E-state index in [2.05, 4.69) is 64.2 Å². The first-order valence-corrected chi connectivity index (χ1v) is 24.5. The number of carbonyl (C=O) groups excluding carboxylic acids is 3. The molecule has 7 fully saturated rings. The van der Waals surface area contributed by atoms with Gasteiger partial charge in [0.1, 0.15) is 35.4 Å². The average Bonchev–Trinajstić information content (AvgIpc) is 3.50. The molecule has 4 saturated heterocycles. The van der Waals surface area contributed by atoms with Crippen LogP contribution in [0.25, 0.3) is 6.08 Å². The number of hydroxylamine groups is 2. The molecule has 1 aromatic carbocycles. The Labute approximate surface area is 375 Å². The molecule has 7 aliphatic rings. The number of ether oxygens (including phenoxy) is 5. The number of amides is 1. The number of nitrogens with zero attached hydrogens (tertiary/aromatic N) is 1. The number of allylic oxidation sites excluding steroid dienone is 1. The predicted molar refractivity (Wildman–Crippen MR) is 238 cm³/mol. The van der Waals surface area contributed by atoms with Gasteiger partial charge in [-0.1, -0.05) is 89.3 Å². The summed E-state index contributed by atoms with van der Waals surface area (Å²) in [6, 6.07) is 6.46. The Morgan fingerprint density at radius 1 is 0.984 bits per heavy atom. The summed E-state index contributed by atoms with van der Waals surface area (Å²) in [6.07, 6.45) is 13.0. The van der Waals surface area contributed by atoms with Crippen molar-refractivity contribution in [1.82, 2.24) is 10.4 Å². The minimum absolute atomic E-state index is 0.00361. The van der Waals surface area contributed by atoms with E-state index in [1.54, 1.807) is 25.8 Å². The highest BCUT2D eigenvalue weighted by Crippen LogP contribution is 2.61. The monoisotopic (exact) mass is 877 g/mol. The summed E-state index contributed by atoms with van der Waals surface area (Å²) in [5.74, 6) is -1.15. The second-order valence-electron chi connectivity index (χ2n) is 22.0. The molecule has 2 bridgehead atoms. The molecule has 8 rings (SSSR count). The molecule has 0 aromatic heterocycles. The smallest absolute Gasteiger partial charge is 0.327 e. The molecule has 63 heavy (non-hydrogen) atoms. The molecule has 4 aliphatic heterocycles. The maximum atomic E-state index is 15.2. The Balaban J connectivity index is 1.11. The van der Waals surface area contributed by atoms with Crippen LogP contribution in [0, 0.1) is 22.7 Å². The largest absolute Gasteiger partial charge is 0.460 e. The van der Waals surface area contributed by atoms with E-state index >= 15 is 4.79 Å². The molecule has 3 saturated carbocycles. The van der Waals surface area contributed by atoms with Gasteiger partial charge in [-0.3, -0.25) is 19.2 Å². The van der Waals surface area contributed by atoms with Crippen LogP contribution in [0.3, 0.4) is 0 Å². The van der Waals surface area contributed by atoms with Crippen LogP contribution in [0.15, 0.2) is 29.8 Å². The highest BCUT2D eigenvalue weighted by atomic mass is 16.8. The fraction of sp³-hybridized carbons (Fsp3) is 0.784. The molecule has 4 heterocycles. The zero-order valence-electron chi connectivity index (χ0n) is 39.4. The molecule has 1 aromatic rings. The average molecular weight is 877 g/mol. The van der Waals surface area contributed by atoms with Crippen LogP contribution in [0.1, 0.15) is 169 Å². The summed E-state index contributed by atoms with van der Waals surface area (Å²) in [5.41, 5.74) is 1.71. The normalized spacial score (nSPS) is 36.1. The lowest BCUT2D eigenvalue weighted by Gasteiger charge is -2.53. The molecular weight excluding hydrogens is 801 g/mol. The summed E-state index contributed by atoms with van der Waals surface area (Å²) in [6.45, 7) is 16.7. The third-order valence-corrected chi connectivity index (χ3v) is 15.8. The van der Waals surface area contributed by atoms with Gasteiger partial charge in [0, 0.05) is 25.7 Å². The lowest BCUT2D eigenvalue weighted by molar-refractivity contribution is -0.224. The molecule has 350 valence electrons. The van der Waals surface area contributed by atoms with E-state index in [0.29, 0.717) is 30.8 Å². The van der Waals surface area contributed by atoms with Gasteiger partial charge in [-0.15, -0.1) is 0 Å². The van der Waals surface area contributed by atoms with Crippen molar-refractivity contribution in [3.63, 3.8) is 0 Å². The van der Waals surface area contributed by atoms with Gasteiger partial charge in [0.25, 0.3) is 0 Å². The minimum Gasteiger partial charge on any atom is -0.460 e. The van der Waals surface area contributed by atoms with Crippen LogP contribution in [0.4, 0.5) is 0 Å². The second kappa shape index (κ2) is 18.1. The molecule has 2 N–H and O–H groups in total. The van der Waals surface area contributed by atoms with Crippen molar-refractivity contribution in [3.8, 4) is 0 Å². The van der Waals surface area contributed by atoms with Gasteiger partial charge in [-0.05, 0) is 107 Å². The van der Waals surface area contributed by atoms with Crippen molar-refractivity contribution in [2.75, 3.05) is 6.61 Å². The number of nitrogens with one attached hydrogen (secondary N) is 1. The number of aliphatic hydroxyl groups excluding tert-OH is 1. The van der Waals surface area contributed by atoms with Gasteiger partial charge in [-0.2, -0.15) is 5.06 Å². The van der Waals surface area contributed by atoms with E-state index < -0.39 is 77.8 Å². The fourth-order valence-corrected chi connectivity index (χ4v) is 12.3. The Morgan fingerprint density at radius 3 is 2.38 bits per heavy atom. The number of hydrogen-bond donors (Lipinski definition) is 2. The fourth-order valence-electron chi connectivity index (χ4n) is 12.3. The summed E-state index contributed by atoms with van der Waals surface area (Å²) in [4.78, 5) is 49.5. The highest BCUT2D eigenvalue weighted by Gasteiger charge is 2.76. The second-order valence-corrected chi connectivity index (χ2v) is 22.0. The number of epoxide rings is 1. The van der Waals surface area contributed by atoms with Crippen molar-refractivity contribution >= 4 is 23.9 Å². The number of rotatable bonds is 17. The van der Waals surface area contributed by atoms with E-state index in [-0.39, 0.29) is 36.8 Å². The van der Waals surface area contributed by atoms with Crippen molar-refractivity contribution < 1.29 is 48.0 Å². The summed E-state index contributed by atoms with van der Waals surface area (Å²) in [7, 11) is 0. The SMILES string of the molecule is CCCCCC1(CCCCC)OC2C3CC4(C(=O)NC(CO)CCC(=O)OC(C)(C)C)C(ON(Cc5ccccc5C=C5CCC6OC6(C)CCC6C5CC6(C)C)C4C(=O)O3)C2O1. The maximum Gasteiger partial charge on any atom is 0.327 e. The van der Waals surface area contributed by atoms with Gasteiger partial charge in [-0.25, -0.2) is 0 Å². The molecule has 11 atom stereocenters. The molecule has 11 unspecified atom stereocenters. The molecule has 3 aliphatic carbocycles. The number of benzene rings is 1. The molecule has 12 nitrogen and oxygen atoms in total. The van der Waals surface area contributed by atoms with Gasteiger partial charge in [0.15, 0.2) is 11.8 Å². The van der Waals surface area contributed by atoms with Crippen molar-refractivity contribution in [2.24, 2.45) is 22.7 Å². The van der Waals surface area contributed by atoms with Gasteiger partial charge >= 0.3 is 11.9 Å². The van der Waals surface area contributed by atoms with E-state index in [9.17, 15) is 14.7 Å². The Hall–Kier alpha value is -2.87. The molecule has 0 radical (unpaired) electrons. The van der Waals surface area contributed by atoms with Crippen molar-refractivity contribution in [1.29, 1.82) is 0 Å². The number of carbonyl (C=O) groups is 3. The molecule has 12 heteroatoms. The van der Waals surface area contributed by atoms with Crippen LogP contribution in [-0.4, -0.2) is 94.2 Å². The van der Waals surface area contributed by atoms with Crippen molar-refractivity contribution in [3.05, 3.63) is 41.0 Å². The zero-order chi connectivity index (χ0) is 45.0. The first kappa shape index (κ1) is 46.7. The number of aliphatic hydroxyl groups is 1. The van der Waals surface area contributed by atoms with Crippen LogP contribution in [0.2, 0.25) is 0 Å². The number of hydrogen-bond acceptors (Lipinski definition) is 11. The third-order valence-electron chi connectivity index (χ3n) is 15.8. The summed E-state index contributed by atoms with van der Waals surface area (Å²) >= 11 is 0. The van der Waals surface area contributed by atoms with E-state index in [1.165, 1.54) is 5.57 Å². The van der Waals surface area contributed by atoms with E-state index in [4.69, 9.17) is 28.5 Å². The Bertz CT molecular complexity index is 1860. The molecular formula is C51H76N2O10. The first-order chi connectivity index (χ1) is 29.9. The van der Waals surface area contributed by atoms with Crippen LogP contribution in [0.5, 0.6) is 0 Å². The Morgan fingerprint density at radius 2 is 1.70 bits per heavy atom. The lowest BCUT2D eigenvalue weighted by Crippen LogP contribution is -2.70. The van der Waals surface area contributed by atoms with Crippen molar-refractivity contribution in [2.45, 2.75) is 224 Å². The molecule has 0 spiro atoms. The maximum absolute atomic E-state index is 15.2. The standard InChI is InChI=1S/C51H76N2O10/c1-9-11-15-24-50(25-16-12-10-2)61-41-38-29-51(46(57)52-35(31-54)20-22-40(55)60-47(3,4)5)43(45(56)58-38)53(63-44(51)42(41)62-50)30-34-18-14-13-17-32(34)27-33-19-21-39-49(8,59-39)26-23-37-36(33)28-48(37,6)7/h13-14,17-18,27,35-39,41-44,54H,9-12,15-16,19-26,28-31H2,1-8H3,(H,52,57). The van der Waals surface area contributed by atoms with E-state index in [1.807, 2.05) is 6.07 Å². The lowest BCUT2D eigenvalue weighted by atomic mass is 9.52. The Kier molecular flexibility index (Phi) is 13.4. The third kappa shape index (κ3) is 9.29. The van der Waals surface area contributed by atoms with Gasteiger partial charge in [0.2, 0.25) is 5.91 Å². The number of unbranched alkanes of at least 4 members (excludes halogenated alkanes) is 4. The predicted octanol–water partition coefficient (Wildman–Crippen LogP) is 8.50. The highest BCUT2D eigenvalue weighted by molar-refractivity contribution is 5.94. The van der Waals surface area contributed by atoms with Crippen LogP contribution < -0.4 is 5.32 Å². The topological polar surface area (TPSA) is 145 Å². The summed E-state index contributed by atoms with van der Waals surface area (Å²) < 4.78 is 32.2. The van der Waals surface area contributed by atoms with E-state index in [0.717, 1.165) is 81.8 Å². The number of esters is 2. The summed E-state index contributed by atoms with van der Waals surface area (Å²) in [5, 5.41) is 15.3. The van der Waals surface area contributed by atoms with Crippen LogP contribution >= 0.6 is 0 Å².